The average molecular weight is 251 g/mol. The zero-order valence-electron chi connectivity index (χ0n) is 10.2. The van der Waals surface area contributed by atoms with Gasteiger partial charge in [0.2, 0.25) is 0 Å². The Bertz CT molecular complexity index is 402. The van der Waals surface area contributed by atoms with E-state index in [2.05, 4.69) is 4.90 Å². The molecule has 0 bridgehead atoms. The lowest BCUT2D eigenvalue weighted by Gasteiger charge is -2.26. The third-order valence-electron chi connectivity index (χ3n) is 2.87. The first kappa shape index (κ1) is 12.9. The molecule has 18 heavy (non-hydrogen) atoms. The molecule has 5 nitrogen and oxygen atoms in total. The van der Waals surface area contributed by atoms with Crippen LogP contribution in [-0.2, 0) is 9.47 Å². The van der Waals surface area contributed by atoms with Crippen LogP contribution in [0.1, 0.15) is 10.4 Å². The summed E-state index contributed by atoms with van der Waals surface area (Å²) in [6.07, 6.45) is 0. The number of aromatic hydroxyl groups is 1. The van der Waals surface area contributed by atoms with E-state index in [0.717, 1.165) is 26.3 Å². The van der Waals surface area contributed by atoms with Crippen LogP contribution in [0.3, 0.4) is 0 Å². The van der Waals surface area contributed by atoms with Gasteiger partial charge < -0.3 is 14.6 Å². The van der Waals surface area contributed by atoms with Crippen molar-refractivity contribution in [1.29, 1.82) is 0 Å². The molecule has 1 aromatic rings. The molecular formula is C13H17NO4. The van der Waals surface area contributed by atoms with E-state index in [-0.39, 0.29) is 11.3 Å². The number of ether oxygens (including phenoxy) is 2. The van der Waals surface area contributed by atoms with E-state index in [1.807, 2.05) is 0 Å². The summed E-state index contributed by atoms with van der Waals surface area (Å²) in [6.45, 7) is 4.22. The predicted octanol–water partition coefficient (Wildman–Crippen LogP) is 0.881. The number of benzene rings is 1. The second kappa shape index (κ2) is 6.37. The highest BCUT2D eigenvalue weighted by Gasteiger charge is 2.13. The fraction of sp³-hybridized carbons (Fsp3) is 0.462. The van der Waals surface area contributed by atoms with Gasteiger partial charge in [-0.2, -0.15) is 0 Å². The van der Waals surface area contributed by atoms with Crippen LogP contribution in [0.5, 0.6) is 5.75 Å². The summed E-state index contributed by atoms with van der Waals surface area (Å²) in [5, 5.41) is 9.50. The Morgan fingerprint density at radius 3 is 2.78 bits per heavy atom. The molecule has 0 amide bonds. The van der Waals surface area contributed by atoms with Gasteiger partial charge in [0.05, 0.1) is 13.2 Å². The maximum absolute atomic E-state index is 11.7. The van der Waals surface area contributed by atoms with Crippen LogP contribution in [0.15, 0.2) is 24.3 Å². The molecule has 0 atom stereocenters. The van der Waals surface area contributed by atoms with Gasteiger partial charge in [0.15, 0.2) is 0 Å². The number of carbonyl (C=O) groups is 1. The summed E-state index contributed by atoms with van der Waals surface area (Å²) >= 11 is 0. The molecule has 0 unspecified atom stereocenters. The van der Waals surface area contributed by atoms with Crippen LogP contribution in [-0.4, -0.2) is 55.4 Å². The van der Waals surface area contributed by atoms with Crippen LogP contribution < -0.4 is 0 Å². The minimum absolute atomic E-state index is 0.0473. The van der Waals surface area contributed by atoms with E-state index >= 15 is 0 Å². The number of hydrogen-bond donors (Lipinski definition) is 1. The Morgan fingerprint density at radius 2 is 2.06 bits per heavy atom. The summed E-state index contributed by atoms with van der Waals surface area (Å²) < 4.78 is 10.4. The molecule has 1 aliphatic rings. The van der Waals surface area contributed by atoms with Gasteiger partial charge >= 0.3 is 5.97 Å². The van der Waals surface area contributed by atoms with E-state index in [0.29, 0.717) is 13.2 Å². The first-order valence-electron chi connectivity index (χ1n) is 6.02. The number of phenolic OH excluding ortho intramolecular Hbond substituents is 1. The monoisotopic (exact) mass is 251 g/mol. The molecule has 5 heteroatoms. The van der Waals surface area contributed by atoms with Gasteiger partial charge in [-0.05, 0) is 12.1 Å². The van der Waals surface area contributed by atoms with Crippen molar-refractivity contribution < 1.29 is 19.4 Å². The van der Waals surface area contributed by atoms with Crippen molar-refractivity contribution in [3.63, 3.8) is 0 Å². The lowest BCUT2D eigenvalue weighted by atomic mass is 10.2. The van der Waals surface area contributed by atoms with E-state index in [1.54, 1.807) is 18.2 Å². The number of nitrogens with zero attached hydrogens (tertiary/aromatic N) is 1. The van der Waals surface area contributed by atoms with Crippen molar-refractivity contribution in [2.45, 2.75) is 0 Å². The molecule has 0 aromatic heterocycles. The van der Waals surface area contributed by atoms with Gasteiger partial charge in [-0.25, -0.2) is 4.79 Å². The first-order chi connectivity index (χ1) is 8.77. The molecule has 0 aliphatic carbocycles. The summed E-state index contributed by atoms with van der Waals surface area (Å²) in [5.41, 5.74) is 0.208. The second-order valence-electron chi connectivity index (χ2n) is 4.11. The zero-order valence-corrected chi connectivity index (χ0v) is 10.2. The quantitative estimate of drug-likeness (QED) is 0.805. The van der Waals surface area contributed by atoms with Crippen LogP contribution >= 0.6 is 0 Å². The van der Waals surface area contributed by atoms with Crippen LogP contribution in [0.25, 0.3) is 0 Å². The maximum atomic E-state index is 11.7. The summed E-state index contributed by atoms with van der Waals surface area (Å²) in [5.74, 6) is -0.532. The number of rotatable bonds is 4. The number of morpholine rings is 1. The van der Waals surface area contributed by atoms with Crippen LogP contribution in [0.2, 0.25) is 0 Å². The summed E-state index contributed by atoms with van der Waals surface area (Å²) in [7, 11) is 0. The Balaban J connectivity index is 1.76. The van der Waals surface area contributed by atoms with Gasteiger partial charge in [-0.1, -0.05) is 12.1 Å². The molecule has 1 fully saturated rings. The largest absolute Gasteiger partial charge is 0.507 e. The van der Waals surface area contributed by atoms with Gasteiger partial charge in [-0.15, -0.1) is 0 Å². The standard InChI is InChI=1S/C13H17NO4/c15-12-4-2-1-3-11(12)13(16)18-10-7-14-5-8-17-9-6-14/h1-4,15H,5-10H2. The minimum Gasteiger partial charge on any atom is -0.507 e. The number of carbonyl (C=O) groups excluding carboxylic acids is 1. The highest BCUT2D eigenvalue weighted by atomic mass is 16.5. The molecule has 1 N–H and O–H groups in total. The van der Waals surface area contributed by atoms with Crippen molar-refractivity contribution in [1.82, 2.24) is 4.90 Å². The van der Waals surface area contributed by atoms with E-state index in [9.17, 15) is 9.90 Å². The van der Waals surface area contributed by atoms with Crippen molar-refractivity contribution in [3.05, 3.63) is 29.8 Å². The highest BCUT2D eigenvalue weighted by molar-refractivity contribution is 5.92. The fourth-order valence-corrected chi connectivity index (χ4v) is 1.82. The number of para-hydroxylation sites is 1. The molecule has 1 heterocycles. The molecule has 2 rings (SSSR count). The third kappa shape index (κ3) is 3.45. The lowest BCUT2D eigenvalue weighted by Crippen LogP contribution is -2.38. The van der Waals surface area contributed by atoms with Crippen LogP contribution in [0.4, 0.5) is 0 Å². The predicted molar refractivity (Wildman–Crippen MR) is 65.6 cm³/mol. The zero-order chi connectivity index (χ0) is 12.8. The van der Waals surface area contributed by atoms with Crippen molar-refractivity contribution in [2.75, 3.05) is 39.5 Å². The SMILES string of the molecule is O=C(OCCN1CCOCC1)c1ccccc1O. The topological polar surface area (TPSA) is 59.0 Å². The molecule has 0 spiro atoms. The second-order valence-corrected chi connectivity index (χ2v) is 4.11. The Labute approximate surface area is 106 Å². The molecule has 1 aliphatic heterocycles. The average Bonchev–Trinajstić information content (AvgIpc) is 2.40. The maximum Gasteiger partial charge on any atom is 0.341 e. The van der Waals surface area contributed by atoms with Crippen molar-refractivity contribution >= 4 is 5.97 Å². The third-order valence-corrected chi connectivity index (χ3v) is 2.87. The van der Waals surface area contributed by atoms with Crippen LogP contribution in [0, 0.1) is 0 Å². The van der Waals surface area contributed by atoms with Gasteiger partial charge in [0, 0.05) is 19.6 Å². The van der Waals surface area contributed by atoms with Gasteiger partial charge in [0.1, 0.15) is 17.9 Å². The molecular weight excluding hydrogens is 234 g/mol. The van der Waals surface area contributed by atoms with E-state index in [4.69, 9.17) is 9.47 Å². The number of esters is 1. The summed E-state index contributed by atoms with van der Waals surface area (Å²) in [6, 6.07) is 6.38. The number of phenols is 1. The van der Waals surface area contributed by atoms with Gasteiger partial charge in [0.25, 0.3) is 0 Å². The minimum atomic E-state index is -0.485. The van der Waals surface area contributed by atoms with E-state index in [1.165, 1.54) is 6.07 Å². The molecule has 0 saturated carbocycles. The smallest absolute Gasteiger partial charge is 0.341 e. The number of hydrogen-bond acceptors (Lipinski definition) is 5. The lowest BCUT2D eigenvalue weighted by molar-refractivity contribution is 0.0194. The van der Waals surface area contributed by atoms with Gasteiger partial charge in [-0.3, -0.25) is 4.90 Å². The highest BCUT2D eigenvalue weighted by Crippen LogP contribution is 2.16. The Morgan fingerprint density at radius 1 is 1.33 bits per heavy atom. The van der Waals surface area contributed by atoms with Crippen molar-refractivity contribution in [2.24, 2.45) is 0 Å². The van der Waals surface area contributed by atoms with Crippen molar-refractivity contribution in [3.8, 4) is 5.75 Å². The Kier molecular flexibility index (Phi) is 4.55. The fourth-order valence-electron chi connectivity index (χ4n) is 1.82. The first-order valence-corrected chi connectivity index (χ1v) is 6.02. The molecule has 98 valence electrons. The Hall–Kier alpha value is -1.59. The molecule has 1 saturated heterocycles. The normalized spacial score (nSPS) is 16.4. The molecule has 0 radical (unpaired) electrons. The van der Waals surface area contributed by atoms with E-state index < -0.39 is 5.97 Å². The molecule has 1 aromatic carbocycles. The summed E-state index contributed by atoms with van der Waals surface area (Å²) in [4.78, 5) is 13.9.